The van der Waals surface area contributed by atoms with Crippen LogP contribution in [0.3, 0.4) is 0 Å². The molecule has 0 radical (unpaired) electrons. The van der Waals surface area contributed by atoms with E-state index in [0.717, 1.165) is 5.71 Å². The molecule has 3 heterocycles. The lowest BCUT2D eigenvalue weighted by Crippen LogP contribution is -2.36. The molecule has 30 heavy (non-hydrogen) atoms. The number of ether oxygens (including phenoxy) is 1. The summed E-state index contributed by atoms with van der Waals surface area (Å²) < 4.78 is 21.7. The van der Waals surface area contributed by atoms with Crippen molar-refractivity contribution < 1.29 is 18.5 Å². The molecule has 0 aromatic carbocycles. The summed E-state index contributed by atoms with van der Waals surface area (Å²) in [5, 5.41) is 8.92. The Morgan fingerprint density at radius 3 is 2.80 bits per heavy atom. The SMILES string of the molecule is CC(C)(C)OC(=O)N1CCC(=[N+](CCC#N)c2nc(Cl)nc3c(F)c(Cl)ncc23)C1. The van der Waals surface area contributed by atoms with Gasteiger partial charge in [0.15, 0.2) is 11.0 Å². The average molecular weight is 454 g/mol. The number of halogens is 3. The van der Waals surface area contributed by atoms with E-state index in [1.165, 1.54) is 6.20 Å². The van der Waals surface area contributed by atoms with Crippen molar-refractivity contribution in [2.24, 2.45) is 0 Å². The number of likely N-dealkylation sites (tertiary alicyclic amines) is 1. The molecule has 0 N–H and O–H groups in total. The van der Waals surface area contributed by atoms with Crippen molar-refractivity contribution in [1.82, 2.24) is 19.9 Å². The maximum Gasteiger partial charge on any atom is 0.410 e. The number of rotatable bonds is 3. The average Bonchev–Trinajstić information content (AvgIpc) is 3.14. The molecule has 0 saturated carbocycles. The predicted octanol–water partition coefficient (Wildman–Crippen LogP) is 4.11. The van der Waals surface area contributed by atoms with Crippen molar-refractivity contribution in [2.45, 2.75) is 39.2 Å². The van der Waals surface area contributed by atoms with Gasteiger partial charge in [0.2, 0.25) is 0 Å². The quantitative estimate of drug-likeness (QED) is 0.394. The van der Waals surface area contributed by atoms with Gasteiger partial charge < -0.3 is 9.64 Å². The fourth-order valence-corrected chi connectivity index (χ4v) is 3.42. The molecule has 0 bridgehead atoms. The van der Waals surface area contributed by atoms with Crippen molar-refractivity contribution in [1.29, 1.82) is 5.26 Å². The Kier molecular flexibility index (Phi) is 6.38. The second-order valence-electron chi connectivity index (χ2n) is 7.72. The highest BCUT2D eigenvalue weighted by molar-refractivity contribution is 6.30. The number of hydrogen-bond acceptors (Lipinski definition) is 6. The lowest BCUT2D eigenvalue weighted by molar-refractivity contribution is -0.443. The van der Waals surface area contributed by atoms with Gasteiger partial charge in [-0.3, -0.25) is 0 Å². The summed E-state index contributed by atoms with van der Waals surface area (Å²) in [4.78, 5) is 26.1. The minimum atomic E-state index is -0.799. The molecule has 0 spiro atoms. The van der Waals surface area contributed by atoms with Gasteiger partial charge in [0.1, 0.15) is 28.8 Å². The number of fused-ring (bicyclic) bond motifs is 1. The predicted molar refractivity (Wildman–Crippen MR) is 110 cm³/mol. The summed E-state index contributed by atoms with van der Waals surface area (Å²) in [6.45, 7) is 6.40. The van der Waals surface area contributed by atoms with Gasteiger partial charge in [-0.15, -0.1) is 0 Å². The minimum absolute atomic E-state index is 0.0606. The second kappa shape index (κ2) is 8.66. The van der Waals surface area contributed by atoms with Crippen molar-refractivity contribution in [3.8, 4) is 6.07 Å². The van der Waals surface area contributed by atoms with Gasteiger partial charge in [-0.25, -0.2) is 18.7 Å². The maximum absolute atomic E-state index is 14.5. The van der Waals surface area contributed by atoms with Crippen molar-refractivity contribution in [2.75, 3.05) is 19.6 Å². The topological polar surface area (TPSA) is 95.0 Å². The van der Waals surface area contributed by atoms with E-state index in [1.807, 2.05) is 0 Å². The Morgan fingerprint density at radius 2 is 2.13 bits per heavy atom. The molecule has 3 rings (SSSR count). The lowest BCUT2D eigenvalue weighted by atomic mass is 10.2. The van der Waals surface area contributed by atoms with E-state index in [4.69, 9.17) is 33.2 Å². The first-order valence-electron chi connectivity index (χ1n) is 9.25. The van der Waals surface area contributed by atoms with Crippen LogP contribution in [-0.2, 0) is 4.74 Å². The first-order chi connectivity index (χ1) is 14.1. The summed E-state index contributed by atoms with van der Waals surface area (Å²) >= 11 is 11.8. The number of pyridine rings is 1. The maximum atomic E-state index is 14.5. The first-order valence-corrected chi connectivity index (χ1v) is 10.0. The first kappa shape index (κ1) is 22.1. The van der Waals surface area contributed by atoms with Crippen LogP contribution in [0.4, 0.5) is 15.0 Å². The fraction of sp³-hybridized carbons (Fsp3) is 0.474. The highest BCUT2D eigenvalue weighted by Gasteiger charge is 2.32. The summed E-state index contributed by atoms with van der Waals surface area (Å²) in [5.41, 5.74) is 0.149. The van der Waals surface area contributed by atoms with Crippen LogP contribution in [0.25, 0.3) is 10.9 Å². The third-order valence-corrected chi connectivity index (χ3v) is 4.81. The van der Waals surface area contributed by atoms with E-state index in [-0.39, 0.29) is 35.5 Å². The lowest BCUT2D eigenvalue weighted by Gasteiger charge is -2.23. The smallest absolute Gasteiger partial charge is 0.410 e. The molecule has 11 heteroatoms. The van der Waals surface area contributed by atoms with Crippen LogP contribution in [-0.4, -0.2) is 61.5 Å². The third kappa shape index (κ3) is 4.77. The van der Waals surface area contributed by atoms with E-state index >= 15 is 0 Å². The molecule has 0 unspecified atom stereocenters. The molecule has 158 valence electrons. The van der Waals surface area contributed by atoms with Gasteiger partial charge in [0, 0.05) is 19.2 Å². The zero-order valence-corrected chi connectivity index (χ0v) is 18.3. The summed E-state index contributed by atoms with van der Waals surface area (Å²) in [5.74, 6) is -0.490. The van der Waals surface area contributed by atoms with Gasteiger partial charge in [0.25, 0.3) is 0 Å². The Hall–Kier alpha value is -2.57. The number of carbonyl (C=O) groups excluding carboxylic acids is 1. The minimum Gasteiger partial charge on any atom is -0.444 e. The van der Waals surface area contributed by atoms with Crippen LogP contribution in [0.1, 0.15) is 33.6 Å². The number of amides is 1. The summed E-state index contributed by atoms with van der Waals surface area (Å²) in [6, 6.07) is 2.09. The van der Waals surface area contributed by atoms with E-state index in [1.54, 1.807) is 30.2 Å². The van der Waals surface area contributed by atoms with E-state index in [0.29, 0.717) is 24.2 Å². The highest BCUT2D eigenvalue weighted by atomic mass is 35.5. The second-order valence-corrected chi connectivity index (χ2v) is 8.42. The monoisotopic (exact) mass is 453 g/mol. The summed E-state index contributed by atoms with van der Waals surface area (Å²) in [7, 11) is 0. The van der Waals surface area contributed by atoms with Crippen LogP contribution in [0.5, 0.6) is 0 Å². The van der Waals surface area contributed by atoms with Crippen LogP contribution in [0.15, 0.2) is 6.20 Å². The normalized spacial score (nSPS) is 16.0. The highest BCUT2D eigenvalue weighted by Crippen LogP contribution is 2.29. The molecule has 2 aromatic heterocycles. The number of nitriles is 1. The van der Waals surface area contributed by atoms with Gasteiger partial charge in [0.05, 0.1) is 19.0 Å². The molecule has 1 saturated heterocycles. The number of nitrogens with zero attached hydrogens (tertiary/aromatic N) is 6. The number of hydrogen-bond donors (Lipinski definition) is 0. The largest absolute Gasteiger partial charge is 0.444 e. The van der Waals surface area contributed by atoms with Gasteiger partial charge in [-0.05, 0) is 37.4 Å². The molecule has 8 nitrogen and oxygen atoms in total. The Morgan fingerprint density at radius 1 is 1.40 bits per heavy atom. The molecule has 0 atom stereocenters. The van der Waals surface area contributed by atoms with Gasteiger partial charge in [-0.1, -0.05) is 11.6 Å². The van der Waals surface area contributed by atoms with Crippen molar-refractivity contribution in [3.63, 3.8) is 0 Å². The number of aromatic nitrogens is 3. The molecule has 0 aliphatic carbocycles. The number of carbonyl (C=O) groups is 1. The van der Waals surface area contributed by atoms with Crippen molar-refractivity contribution >= 4 is 51.7 Å². The zero-order chi connectivity index (χ0) is 22.1. The third-order valence-electron chi connectivity index (χ3n) is 4.37. The van der Waals surface area contributed by atoms with Gasteiger partial charge in [-0.2, -0.15) is 10.2 Å². The standard InChI is InChI=1S/C19H20Cl2FN6O2/c1-19(2,3)30-18(29)27-8-5-11(10-27)28(7-4-6-23)16-12-9-24-15(20)13(22)14(12)25-17(21)26-16/h9H,4-5,7-8,10H2,1-3H3/q+1. The van der Waals surface area contributed by atoms with Crippen LogP contribution >= 0.6 is 23.2 Å². The molecule has 1 aliphatic rings. The molecular formula is C19H20Cl2FN6O2+. The Balaban J connectivity index is 2.07. The Bertz CT molecular complexity index is 1080. The van der Waals surface area contributed by atoms with E-state index < -0.39 is 17.5 Å². The van der Waals surface area contributed by atoms with Crippen LogP contribution in [0, 0.1) is 17.1 Å². The molecule has 1 fully saturated rings. The zero-order valence-electron chi connectivity index (χ0n) is 16.7. The van der Waals surface area contributed by atoms with Gasteiger partial charge >= 0.3 is 17.2 Å². The summed E-state index contributed by atoms with van der Waals surface area (Å²) in [6.07, 6.45) is 1.66. The van der Waals surface area contributed by atoms with Crippen LogP contribution < -0.4 is 0 Å². The molecular weight excluding hydrogens is 434 g/mol. The van der Waals surface area contributed by atoms with Crippen LogP contribution in [0.2, 0.25) is 10.4 Å². The molecule has 1 aliphatic heterocycles. The molecule has 1 amide bonds. The van der Waals surface area contributed by atoms with Crippen molar-refractivity contribution in [3.05, 3.63) is 22.5 Å². The van der Waals surface area contributed by atoms with E-state index in [2.05, 4.69) is 21.0 Å². The Labute approximate surface area is 182 Å². The molecule has 2 aromatic rings. The van der Waals surface area contributed by atoms with E-state index in [9.17, 15) is 9.18 Å². The fourth-order valence-electron chi connectivity index (χ4n) is 3.12.